The molecule has 106 valence electrons. The molecule has 0 aliphatic heterocycles. The van der Waals surface area contributed by atoms with Crippen LogP contribution in [0.4, 0.5) is 0 Å². The van der Waals surface area contributed by atoms with Gasteiger partial charge in [0.1, 0.15) is 22.7 Å². The van der Waals surface area contributed by atoms with Crippen molar-refractivity contribution < 1.29 is 14.3 Å². The predicted octanol–water partition coefficient (Wildman–Crippen LogP) is 2.81. The summed E-state index contributed by atoms with van der Waals surface area (Å²) in [4.78, 5) is 20.1. The SMILES string of the molecule is COc1cccc(OC)c1C(=O)c1c[nH]c2ncccc12. The number of ether oxygens (including phenoxy) is 2. The standard InChI is InChI=1S/C16H14N2O3/c1-20-12-6-3-7-13(21-2)14(12)15(19)11-9-18-16-10(11)5-4-8-17-16/h3-9H,1-2H3,(H,17,18). The van der Waals surface area contributed by atoms with E-state index in [2.05, 4.69) is 9.97 Å². The number of hydrogen-bond acceptors (Lipinski definition) is 4. The minimum Gasteiger partial charge on any atom is -0.496 e. The van der Waals surface area contributed by atoms with Crippen molar-refractivity contribution in [3.63, 3.8) is 0 Å². The smallest absolute Gasteiger partial charge is 0.202 e. The van der Waals surface area contributed by atoms with Gasteiger partial charge in [-0.1, -0.05) is 6.07 Å². The molecule has 0 bridgehead atoms. The van der Waals surface area contributed by atoms with Crippen LogP contribution in [0.5, 0.6) is 11.5 Å². The Balaban J connectivity index is 2.19. The summed E-state index contributed by atoms with van der Waals surface area (Å²) in [6.07, 6.45) is 3.34. The Labute approximate surface area is 121 Å². The number of nitrogens with one attached hydrogen (secondary N) is 1. The largest absolute Gasteiger partial charge is 0.496 e. The van der Waals surface area contributed by atoms with Crippen LogP contribution in [0.25, 0.3) is 11.0 Å². The molecule has 0 saturated carbocycles. The number of ketones is 1. The number of rotatable bonds is 4. The van der Waals surface area contributed by atoms with E-state index in [4.69, 9.17) is 9.47 Å². The molecule has 0 atom stereocenters. The van der Waals surface area contributed by atoms with Crippen LogP contribution in [0.2, 0.25) is 0 Å². The number of fused-ring (bicyclic) bond motifs is 1. The second-order valence-corrected chi connectivity index (χ2v) is 4.47. The first-order chi connectivity index (χ1) is 10.3. The van der Waals surface area contributed by atoms with E-state index in [1.807, 2.05) is 6.07 Å². The minimum atomic E-state index is -0.163. The van der Waals surface area contributed by atoms with Gasteiger partial charge < -0.3 is 14.5 Å². The number of H-pyrrole nitrogens is 1. The maximum absolute atomic E-state index is 12.9. The van der Waals surface area contributed by atoms with Gasteiger partial charge in [-0.2, -0.15) is 0 Å². The van der Waals surface area contributed by atoms with E-state index < -0.39 is 0 Å². The molecule has 3 rings (SSSR count). The van der Waals surface area contributed by atoms with Crippen LogP contribution in [0.3, 0.4) is 0 Å². The third-order valence-corrected chi connectivity index (χ3v) is 3.35. The van der Waals surface area contributed by atoms with E-state index in [-0.39, 0.29) is 5.78 Å². The highest BCUT2D eigenvalue weighted by Gasteiger charge is 2.22. The predicted molar refractivity (Wildman–Crippen MR) is 79.1 cm³/mol. The lowest BCUT2D eigenvalue weighted by Crippen LogP contribution is -2.06. The second-order valence-electron chi connectivity index (χ2n) is 4.47. The number of aromatic nitrogens is 2. The second kappa shape index (κ2) is 5.28. The topological polar surface area (TPSA) is 64.2 Å². The van der Waals surface area contributed by atoms with Gasteiger partial charge in [0.05, 0.1) is 14.2 Å². The zero-order valence-corrected chi connectivity index (χ0v) is 11.7. The molecule has 0 spiro atoms. The molecule has 0 unspecified atom stereocenters. The zero-order valence-electron chi connectivity index (χ0n) is 11.7. The van der Waals surface area contributed by atoms with Gasteiger partial charge in [0.15, 0.2) is 0 Å². The lowest BCUT2D eigenvalue weighted by atomic mass is 10.0. The third-order valence-electron chi connectivity index (χ3n) is 3.35. The number of aromatic amines is 1. The summed E-state index contributed by atoms with van der Waals surface area (Å²) in [5.74, 6) is 0.804. The summed E-state index contributed by atoms with van der Waals surface area (Å²) in [6, 6.07) is 8.91. The number of carbonyl (C=O) groups excluding carboxylic acids is 1. The number of benzene rings is 1. The first kappa shape index (κ1) is 13.2. The van der Waals surface area contributed by atoms with E-state index in [1.54, 1.807) is 36.7 Å². The van der Waals surface area contributed by atoms with Crippen LogP contribution in [0, 0.1) is 0 Å². The number of hydrogen-bond donors (Lipinski definition) is 1. The monoisotopic (exact) mass is 282 g/mol. The van der Waals surface area contributed by atoms with Gasteiger partial charge in [-0.25, -0.2) is 4.98 Å². The van der Waals surface area contributed by atoms with Crippen molar-refractivity contribution in [2.45, 2.75) is 0 Å². The Bertz CT molecular complexity index is 786. The molecule has 0 amide bonds. The van der Waals surface area contributed by atoms with Crippen LogP contribution in [-0.2, 0) is 0 Å². The molecule has 2 aromatic heterocycles. The lowest BCUT2D eigenvalue weighted by molar-refractivity contribution is 0.103. The summed E-state index contributed by atoms with van der Waals surface area (Å²) >= 11 is 0. The van der Waals surface area contributed by atoms with Crippen LogP contribution in [0.1, 0.15) is 15.9 Å². The van der Waals surface area contributed by atoms with E-state index >= 15 is 0 Å². The fraction of sp³-hybridized carbons (Fsp3) is 0.125. The number of methoxy groups -OCH3 is 2. The molecule has 3 aromatic rings. The van der Waals surface area contributed by atoms with Crippen molar-refractivity contribution in [3.05, 3.63) is 53.9 Å². The molecule has 5 heteroatoms. The maximum atomic E-state index is 12.9. The van der Waals surface area contributed by atoms with Crippen molar-refractivity contribution in [1.82, 2.24) is 9.97 Å². The van der Waals surface area contributed by atoms with E-state index in [9.17, 15) is 4.79 Å². The first-order valence-corrected chi connectivity index (χ1v) is 6.44. The molecular weight excluding hydrogens is 268 g/mol. The molecule has 5 nitrogen and oxygen atoms in total. The summed E-state index contributed by atoms with van der Waals surface area (Å²) in [5, 5.41) is 0.774. The van der Waals surface area contributed by atoms with Crippen molar-refractivity contribution >= 4 is 16.8 Å². The molecule has 0 fully saturated rings. The Morgan fingerprint density at radius 2 is 1.81 bits per heavy atom. The Kier molecular flexibility index (Phi) is 3.31. The highest BCUT2D eigenvalue weighted by atomic mass is 16.5. The number of carbonyl (C=O) groups is 1. The molecule has 0 radical (unpaired) electrons. The van der Waals surface area contributed by atoms with Crippen molar-refractivity contribution in [2.24, 2.45) is 0 Å². The zero-order chi connectivity index (χ0) is 14.8. The van der Waals surface area contributed by atoms with Crippen molar-refractivity contribution in [3.8, 4) is 11.5 Å². The van der Waals surface area contributed by atoms with Crippen LogP contribution in [-0.4, -0.2) is 30.0 Å². The molecule has 2 heterocycles. The van der Waals surface area contributed by atoms with Gasteiger partial charge in [-0.15, -0.1) is 0 Å². The maximum Gasteiger partial charge on any atom is 0.202 e. The van der Waals surface area contributed by atoms with E-state index in [0.717, 1.165) is 5.39 Å². The quantitative estimate of drug-likeness (QED) is 0.747. The summed E-state index contributed by atoms with van der Waals surface area (Å²) in [7, 11) is 3.06. The van der Waals surface area contributed by atoms with E-state index in [0.29, 0.717) is 28.3 Å². The normalized spacial score (nSPS) is 10.6. The summed E-state index contributed by atoms with van der Waals surface area (Å²) < 4.78 is 10.6. The van der Waals surface area contributed by atoms with Gasteiger partial charge in [-0.05, 0) is 24.3 Å². The van der Waals surface area contributed by atoms with Gasteiger partial charge in [-0.3, -0.25) is 4.79 Å². The van der Waals surface area contributed by atoms with Crippen molar-refractivity contribution in [1.29, 1.82) is 0 Å². The number of pyridine rings is 1. The average Bonchev–Trinajstić information content (AvgIpc) is 2.97. The minimum absolute atomic E-state index is 0.163. The molecule has 21 heavy (non-hydrogen) atoms. The average molecular weight is 282 g/mol. The van der Waals surface area contributed by atoms with Gasteiger partial charge in [0.2, 0.25) is 5.78 Å². The Hall–Kier alpha value is -2.82. The van der Waals surface area contributed by atoms with Crippen LogP contribution < -0.4 is 9.47 Å². The fourth-order valence-corrected chi connectivity index (χ4v) is 2.35. The highest BCUT2D eigenvalue weighted by Crippen LogP contribution is 2.32. The lowest BCUT2D eigenvalue weighted by Gasteiger charge is -2.11. The van der Waals surface area contributed by atoms with Crippen LogP contribution in [0.15, 0.2) is 42.7 Å². The Morgan fingerprint density at radius 3 is 2.48 bits per heavy atom. The van der Waals surface area contributed by atoms with Gasteiger partial charge >= 0.3 is 0 Å². The third kappa shape index (κ3) is 2.12. The fourth-order valence-electron chi connectivity index (χ4n) is 2.35. The number of nitrogens with zero attached hydrogens (tertiary/aromatic N) is 1. The van der Waals surface area contributed by atoms with Crippen LogP contribution >= 0.6 is 0 Å². The van der Waals surface area contributed by atoms with E-state index in [1.165, 1.54) is 14.2 Å². The molecule has 1 aromatic carbocycles. The molecule has 1 N–H and O–H groups in total. The van der Waals surface area contributed by atoms with Gasteiger partial charge in [0, 0.05) is 23.3 Å². The highest BCUT2D eigenvalue weighted by molar-refractivity contribution is 6.18. The molecule has 0 aliphatic rings. The molecule has 0 saturated heterocycles. The van der Waals surface area contributed by atoms with Gasteiger partial charge in [0.25, 0.3) is 0 Å². The summed E-state index contributed by atoms with van der Waals surface area (Å²) in [5.41, 5.74) is 1.63. The van der Waals surface area contributed by atoms with Crippen molar-refractivity contribution in [2.75, 3.05) is 14.2 Å². The summed E-state index contributed by atoms with van der Waals surface area (Å²) in [6.45, 7) is 0. The Morgan fingerprint density at radius 1 is 1.10 bits per heavy atom. The molecule has 0 aliphatic carbocycles. The first-order valence-electron chi connectivity index (χ1n) is 6.44. The molecular formula is C16H14N2O3.